The van der Waals surface area contributed by atoms with Crippen LogP contribution in [0.1, 0.15) is 32.1 Å². The third-order valence-electron chi connectivity index (χ3n) is 4.61. The number of aliphatic carboxylic acids is 1. The number of rotatable bonds is 1. The third-order valence-corrected chi connectivity index (χ3v) is 4.61. The molecule has 0 aromatic carbocycles. The molecule has 4 bridgehead atoms. The van der Waals surface area contributed by atoms with Crippen LogP contribution in [0.3, 0.4) is 0 Å². The average molecular weight is 198 g/mol. The van der Waals surface area contributed by atoms with Crippen LogP contribution >= 0.6 is 0 Å². The zero-order chi connectivity index (χ0) is 9.92. The quantitative estimate of drug-likeness (QED) is 0.701. The molecular formula is C11H15FO2. The zero-order valence-electron chi connectivity index (χ0n) is 8.08. The summed E-state index contributed by atoms with van der Waals surface area (Å²) in [4.78, 5) is 11.2. The molecule has 1 N–H and O–H groups in total. The molecule has 0 heterocycles. The van der Waals surface area contributed by atoms with Gasteiger partial charge in [-0.1, -0.05) is 0 Å². The monoisotopic (exact) mass is 198 g/mol. The molecule has 4 aliphatic carbocycles. The first-order valence-electron chi connectivity index (χ1n) is 5.49. The molecule has 78 valence electrons. The number of carboxylic acids is 1. The molecule has 3 unspecified atom stereocenters. The maximum absolute atomic E-state index is 14.0. The van der Waals surface area contributed by atoms with Gasteiger partial charge < -0.3 is 5.11 Å². The maximum atomic E-state index is 14.0. The average Bonchev–Trinajstić information content (AvgIpc) is 2.12. The van der Waals surface area contributed by atoms with E-state index >= 15 is 0 Å². The van der Waals surface area contributed by atoms with Crippen LogP contribution in [0.15, 0.2) is 0 Å². The Labute approximate surface area is 82.5 Å². The topological polar surface area (TPSA) is 37.3 Å². The highest BCUT2D eigenvalue weighted by Gasteiger charge is 2.61. The van der Waals surface area contributed by atoms with E-state index in [0.717, 1.165) is 19.3 Å². The number of carbonyl (C=O) groups is 1. The lowest BCUT2D eigenvalue weighted by Crippen LogP contribution is -2.57. The van der Waals surface area contributed by atoms with Gasteiger partial charge in [-0.25, -0.2) is 4.39 Å². The summed E-state index contributed by atoms with van der Waals surface area (Å²) in [5.74, 6) is 0.160. The van der Waals surface area contributed by atoms with Gasteiger partial charge in [0.1, 0.15) is 6.17 Å². The van der Waals surface area contributed by atoms with E-state index in [0.29, 0.717) is 24.7 Å². The van der Waals surface area contributed by atoms with E-state index in [1.165, 1.54) is 0 Å². The first-order valence-corrected chi connectivity index (χ1v) is 5.49. The fourth-order valence-electron chi connectivity index (χ4n) is 4.27. The molecule has 0 aliphatic heterocycles. The van der Waals surface area contributed by atoms with Crippen molar-refractivity contribution in [1.82, 2.24) is 0 Å². The number of carboxylic acid groups (broad SMARTS) is 1. The summed E-state index contributed by atoms with van der Waals surface area (Å²) in [7, 11) is 0. The lowest BCUT2D eigenvalue weighted by Gasteiger charge is -2.56. The third kappa shape index (κ3) is 0.882. The van der Waals surface area contributed by atoms with Crippen molar-refractivity contribution < 1.29 is 14.3 Å². The van der Waals surface area contributed by atoms with E-state index in [4.69, 9.17) is 0 Å². The summed E-state index contributed by atoms with van der Waals surface area (Å²) in [6, 6.07) is 0. The minimum Gasteiger partial charge on any atom is -0.481 e. The molecule has 2 nitrogen and oxygen atoms in total. The van der Waals surface area contributed by atoms with Crippen molar-refractivity contribution in [3.05, 3.63) is 0 Å². The van der Waals surface area contributed by atoms with Crippen LogP contribution < -0.4 is 0 Å². The van der Waals surface area contributed by atoms with Gasteiger partial charge in [-0.2, -0.15) is 0 Å². The van der Waals surface area contributed by atoms with Crippen molar-refractivity contribution in [1.29, 1.82) is 0 Å². The largest absolute Gasteiger partial charge is 0.481 e. The van der Waals surface area contributed by atoms with Crippen molar-refractivity contribution in [2.24, 2.45) is 23.2 Å². The Balaban J connectivity index is 2.01. The van der Waals surface area contributed by atoms with Crippen LogP contribution in [0.25, 0.3) is 0 Å². The van der Waals surface area contributed by atoms with Crippen LogP contribution in [0.5, 0.6) is 0 Å². The van der Waals surface area contributed by atoms with Gasteiger partial charge in [0.15, 0.2) is 0 Å². The Morgan fingerprint density at radius 2 is 1.79 bits per heavy atom. The van der Waals surface area contributed by atoms with Crippen molar-refractivity contribution in [3.8, 4) is 0 Å². The molecule has 5 atom stereocenters. The van der Waals surface area contributed by atoms with Crippen molar-refractivity contribution in [2.45, 2.75) is 38.3 Å². The lowest BCUT2D eigenvalue weighted by atomic mass is 9.48. The lowest BCUT2D eigenvalue weighted by molar-refractivity contribution is -0.179. The predicted octanol–water partition coefficient (Wildman–Crippen LogP) is 2.24. The van der Waals surface area contributed by atoms with Gasteiger partial charge in [-0.3, -0.25) is 4.79 Å². The highest BCUT2D eigenvalue weighted by Crippen LogP contribution is 2.61. The van der Waals surface area contributed by atoms with Crippen molar-refractivity contribution in [3.63, 3.8) is 0 Å². The van der Waals surface area contributed by atoms with Crippen LogP contribution in [0.4, 0.5) is 4.39 Å². The molecule has 4 rings (SSSR count). The molecule has 4 fully saturated rings. The van der Waals surface area contributed by atoms with Gasteiger partial charge in [0.2, 0.25) is 0 Å². The molecular weight excluding hydrogens is 183 g/mol. The maximum Gasteiger partial charge on any atom is 0.312 e. The van der Waals surface area contributed by atoms with E-state index in [9.17, 15) is 14.3 Å². The van der Waals surface area contributed by atoms with Gasteiger partial charge in [0.05, 0.1) is 5.41 Å². The molecule has 0 aromatic rings. The molecule has 4 saturated carbocycles. The Morgan fingerprint density at radius 1 is 1.21 bits per heavy atom. The molecule has 3 heteroatoms. The number of hydrogen-bond acceptors (Lipinski definition) is 1. The SMILES string of the molecule is O=C(O)C12C[C@@H]3CC(C[C@@H](C3)C1)C2F. The van der Waals surface area contributed by atoms with E-state index in [1.54, 1.807) is 0 Å². The second kappa shape index (κ2) is 2.50. The Bertz CT molecular complexity index is 275. The van der Waals surface area contributed by atoms with Crippen LogP contribution in [0.2, 0.25) is 0 Å². The van der Waals surface area contributed by atoms with Crippen molar-refractivity contribution in [2.75, 3.05) is 0 Å². The highest BCUT2D eigenvalue weighted by molar-refractivity contribution is 5.76. The summed E-state index contributed by atoms with van der Waals surface area (Å²) in [6.07, 6.45) is 3.14. The minimum atomic E-state index is -1.08. The smallest absolute Gasteiger partial charge is 0.312 e. The minimum absolute atomic E-state index is 0.0531. The zero-order valence-corrected chi connectivity index (χ0v) is 8.08. The fourth-order valence-corrected chi connectivity index (χ4v) is 4.27. The first-order chi connectivity index (χ1) is 6.62. The Morgan fingerprint density at radius 3 is 2.29 bits per heavy atom. The van der Waals surface area contributed by atoms with E-state index < -0.39 is 17.6 Å². The number of halogens is 1. The summed E-state index contributed by atoms with van der Waals surface area (Å²) < 4.78 is 14.0. The Hall–Kier alpha value is -0.600. The molecule has 14 heavy (non-hydrogen) atoms. The molecule has 0 radical (unpaired) electrons. The summed E-state index contributed by atoms with van der Waals surface area (Å²) in [5.41, 5.74) is -0.991. The second-order valence-corrected chi connectivity index (χ2v) is 5.47. The van der Waals surface area contributed by atoms with E-state index in [1.807, 2.05) is 0 Å². The number of hydrogen-bond donors (Lipinski definition) is 1. The summed E-state index contributed by atoms with van der Waals surface area (Å²) in [6.45, 7) is 0. The first kappa shape index (κ1) is 8.69. The van der Waals surface area contributed by atoms with Gasteiger partial charge in [0, 0.05) is 0 Å². The van der Waals surface area contributed by atoms with Crippen LogP contribution in [0, 0.1) is 23.2 Å². The highest BCUT2D eigenvalue weighted by atomic mass is 19.1. The predicted molar refractivity (Wildman–Crippen MR) is 48.5 cm³/mol. The molecule has 4 aliphatic rings. The van der Waals surface area contributed by atoms with Gasteiger partial charge in [-0.05, 0) is 49.9 Å². The summed E-state index contributed by atoms with van der Waals surface area (Å²) >= 11 is 0. The van der Waals surface area contributed by atoms with E-state index in [2.05, 4.69) is 0 Å². The van der Waals surface area contributed by atoms with Gasteiger partial charge in [-0.15, -0.1) is 0 Å². The fraction of sp³-hybridized carbons (Fsp3) is 0.909. The van der Waals surface area contributed by atoms with Crippen LogP contribution in [-0.2, 0) is 4.79 Å². The van der Waals surface area contributed by atoms with Crippen LogP contribution in [-0.4, -0.2) is 17.2 Å². The number of alkyl halides is 1. The van der Waals surface area contributed by atoms with E-state index in [-0.39, 0.29) is 5.92 Å². The summed E-state index contributed by atoms with van der Waals surface area (Å²) in [5, 5.41) is 9.21. The van der Waals surface area contributed by atoms with Gasteiger partial charge >= 0.3 is 5.97 Å². The molecule has 0 aromatic heterocycles. The molecule has 0 spiro atoms. The Kier molecular flexibility index (Phi) is 1.55. The molecule has 0 amide bonds. The van der Waals surface area contributed by atoms with Crippen molar-refractivity contribution >= 4 is 5.97 Å². The second-order valence-electron chi connectivity index (χ2n) is 5.47. The molecule has 0 saturated heterocycles. The standard InChI is InChI=1S/C11H15FO2/c12-9-8-2-6-1-7(3-8)5-11(9,4-6)10(13)14/h6-9H,1-5H2,(H,13,14)/t6-,7+,8?,9?,11?. The normalized spacial score (nSPS) is 54.9. The van der Waals surface area contributed by atoms with Gasteiger partial charge in [0.25, 0.3) is 0 Å².